The highest BCUT2D eigenvalue weighted by atomic mass is 31.2. The molecule has 3 heteroatoms. The first-order valence-corrected chi connectivity index (χ1v) is 12.5. The molecule has 0 amide bonds. The molecule has 0 fully saturated rings. The molecule has 0 aromatic heterocycles. The number of nitrogens with one attached hydrogen (secondary N) is 1. The van der Waals surface area contributed by atoms with Crippen molar-refractivity contribution in [3.63, 3.8) is 0 Å². The Kier molecular flexibility index (Phi) is 6.30. The lowest BCUT2D eigenvalue weighted by molar-refractivity contribution is 0.102. The molecule has 0 aliphatic heterocycles. The van der Waals surface area contributed by atoms with E-state index in [2.05, 4.69) is 84.8 Å². The summed E-state index contributed by atoms with van der Waals surface area (Å²) in [6.07, 6.45) is 0.415. The van der Waals surface area contributed by atoms with Gasteiger partial charge in [-0.05, 0) is 50.2 Å². The van der Waals surface area contributed by atoms with E-state index >= 15 is 0 Å². The molecule has 4 aromatic carbocycles. The Morgan fingerprint density at radius 1 is 0.645 bits per heavy atom. The summed E-state index contributed by atoms with van der Waals surface area (Å²) in [5.41, 5.74) is 4.15. The van der Waals surface area contributed by atoms with Crippen LogP contribution in [0.2, 0.25) is 0 Å². The van der Waals surface area contributed by atoms with E-state index in [0.717, 1.165) is 16.8 Å². The number of hydrogen-bond donors (Lipinski definition) is 1. The Bertz CT molecular complexity index is 1100. The van der Waals surface area contributed by atoms with Gasteiger partial charge in [-0.25, -0.2) is 0 Å². The number of anilines is 1. The van der Waals surface area contributed by atoms with Gasteiger partial charge in [-0.2, -0.15) is 0 Å². The van der Waals surface area contributed by atoms with E-state index < -0.39 is 7.41 Å². The fraction of sp³-hybridized carbons (Fsp3) is 0.107. The third-order valence-corrected chi connectivity index (χ3v) is 9.28. The first-order chi connectivity index (χ1) is 15.1. The van der Waals surface area contributed by atoms with Crippen molar-refractivity contribution in [3.8, 4) is 0 Å². The van der Waals surface area contributed by atoms with Gasteiger partial charge < -0.3 is 0 Å². The summed E-state index contributed by atoms with van der Waals surface area (Å²) in [6.45, 7) is 4.12. The Labute approximate surface area is 185 Å². The monoisotopic (exact) mass is 424 g/mol. The zero-order valence-corrected chi connectivity index (χ0v) is 18.8. The predicted octanol–water partition coefficient (Wildman–Crippen LogP) is 6.18. The van der Waals surface area contributed by atoms with E-state index in [1.165, 1.54) is 16.2 Å². The van der Waals surface area contributed by atoms with Gasteiger partial charge in [-0.1, -0.05) is 83.9 Å². The minimum atomic E-state index is -2.27. The number of rotatable bonds is 7. The van der Waals surface area contributed by atoms with Crippen LogP contribution in [0.25, 0.3) is 0 Å². The van der Waals surface area contributed by atoms with Gasteiger partial charge in [0.15, 0.2) is 13.6 Å². The number of carbonyl (C=O) groups is 1. The molecule has 154 valence electrons. The summed E-state index contributed by atoms with van der Waals surface area (Å²) in [6, 6.07) is 37.2. The van der Waals surface area contributed by atoms with Gasteiger partial charge in [0.2, 0.25) is 5.78 Å². The number of aryl methyl sites for hydroxylation is 2. The molecule has 4 aromatic rings. The normalized spacial score (nSPS) is 11.2. The summed E-state index contributed by atoms with van der Waals surface area (Å²) in [5, 5.41) is 6.19. The number of hydrogen-bond acceptors (Lipinski definition) is 2. The minimum Gasteiger partial charge on any atom is -0.290 e. The van der Waals surface area contributed by atoms with Crippen molar-refractivity contribution in [2.24, 2.45) is 0 Å². The Morgan fingerprint density at radius 2 is 1.10 bits per heavy atom. The van der Waals surface area contributed by atoms with Crippen LogP contribution in [-0.2, 0) is 0 Å². The molecule has 0 saturated carbocycles. The van der Waals surface area contributed by atoms with Crippen LogP contribution in [0.4, 0.5) is 5.69 Å². The van der Waals surface area contributed by atoms with E-state index in [4.69, 9.17) is 0 Å². The molecule has 0 aliphatic carbocycles. The molecule has 31 heavy (non-hydrogen) atoms. The highest BCUT2D eigenvalue weighted by Gasteiger charge is 2.45. The van der Waals surface area contributed by atoms with Gasteiger partial charge in [0.1, 0.15) is 10.6 Å². The number of ketones is 1. The van der Waals surface area contributed by atoms with Crippen LogP contribution < -0.4 is 15.7 Å². The van der Waals surface area contributed by atoms with Crippen LogP contribution in [0.3, 0.4) is 0 Å². The van der Waals surface area contributed by atoms with Crippen molar-refractivity contribution in [3.05, 3.63) is 126 Å². The summed E-state index contributed by atoms with van der Waals surface area (Å²) in [7, 11) is -2.27. The van der Waals surface area contributed by atoms with E-state index in [9.17, 15) is 4.79 Å². The Balaban J connectivity index is 1.85. The molecule has 0 saturated heterocycles. The van der Waals surface area contributed by atoms with Crippen LogP contribution in [0.5, 0.6) is 0 Å². The van der Waals surface area contributed by atoms with Crippen molar-refractivity contribution in [1.29, 1.82) is 0 Å². The number of Topliss-reactive ketones (excluding diaryl/α,β-unsaturated/α-hetero) is 1. The van der Waals surface area contributed by atoms with Crippen molar-refractivity contribution >= 4 is 29.5 Å². The van der Waals surface area contributed by atoms with E-state index in [1.807, 2.05) is 43.3 Å². The third kappa shape index (κ3) is 4.76. The number of carbonyl (C=O) groups excluding carboxylic acids is 1. The van der Waals surface area contributed by atoms with Crippen molar-refractivity contribution in [1.82, 2.24) is 0 Å². The molecule has 0 bridgehead atoms. The summed E-state index contributed by atoms with van der Waals surface area (Å²) < 4.78 is 0. The third-order valence-electron chi connectivity index (χ3n) is 5.52. The zero-order valence-electron chi connectivity index (χ0n) is 18.0. The average Bonchev–Trinajstić information content (AvgIpc) is 2.81. The van der Waals surface area contributed by atoms with Crippen molar-refractivity contribution in [2.45, 2.75) is 13.8 Å². The summed E-state index contributed by atoms with van der Waals surface area (Å²) >= 11 is 0. The van der Waals surface area contributed by atoms with Crippen molar-refractivity contribution in [2.75, 3.05) is 11.2 Å². The molecular formula is C28H27NOP+. The van der Waals surface area contributed by atoms with Crippen LogP contribution >= 0.6 is 7.41 Å². The average molecular weight is 425 g/mol. The molecular weight excluding hydrogens is 397 g/mol. The van der Waals surface area contributed by atoms with Crippen molar-refractivity contribution < 1.29 is 4.79 Å². The minimum absolute atomic E-state index is 0.153. The standard InChI is InChI=1S/C28H27NOP/c1-22-13-17-24(18-14-22)28(30)21-31(26-9-5-3-6-10-26,27-11-7-4-8-12-27)29-25-19-15-23(2)16-20-25/h3-20,29H,21H2,1-2H3/q+1. The van der Waals surface area contributed by atoms with E-state index in [-0.39, 0.29) is 5.78 Å². The Morgan fingerprint density at radius 3 is 1.58 bits per heavy atom. The lowest BCUT2D eigenvalue weighted by Crippen LogP contribution is -2.33. The maximum atomic E-state index is 13.6. The lowest BCUT2D eigenvalue weighted by Gasteiger charge is -2.28. The Hall–Kier alpha value is -3.22. The van der Waals surface area contributed by atoms with E-state index in [0.29, 0.717) is 6.16 Å². The first-order valence-electron chi connectivity index (χ1n) is 10.5. The highest BCUT2D eigenvalue weighted by molar-refractivity contribution is 7.91. The second-order valence-electron chi connectivity index (χ2n) is 7.91. The molecule has 1 N–H and O–H groups in total. The molecule has 0 radical (unpaired) electrons. The van der Waals surface area contributed by atoms with Crippen LogP contribution in [0.15, 0.2) is 109 Å². The molecule has 4 rings (SSSR count). The molecule has 0 spiro atoms. The van der Waals surface area contributed by atoms with Crippen LogP contribution in [0.1, 0.15) is 21.5 Å². The van der Waals surface area contributed by atoms with Crippen LogP contribution in [0, 0.1) is 13.8 Å². The second-order valence-corrected chi connectivity index (χ2v) is 11.1. The first kappa shape index (κ1) is 21.0. The predicted molar refractivity (Wildman–Crippen MR) is 134 cm³/mol. The van der Waals surface area contributed by atoms with Gasteiger partial charge in [0, 0.05) is 5.56 Å². The second kappa shape index (κ2) is 9.29. The smallest absolute Gasteiger partial charge is 0.202 e. The summed E-state index contributed by atoms with van der Waals surface area (Å²) in [5.74, 6) is 0.153. The van der Waals surface area contributed by atoms with E-state index in [1.54, 1.807) is 0 Å². The fourth-order valence-corrected chi connectivity index (χ4v) is 7.33. The van der Waals surface area contributed by atoms with Crippen LogP contribution in [-0.4, -0.2) is 11.9 Å². The van der Waals surface area contributed by atoms with Gasteiger partial charge in [0.05, 0.1) is 5.69 Å². The van der Waals surface area contributed by atoms with Gasteiger partial charge in [-0.3, -0.25) is 9.88 Å². The molecule has 0 unspecified atom stereocenters. The largest absolute Gasteiger partial charge is 0.290 e. The molecule has 0 heterocycles. The highest BCUT2D eigenvalue weighted by Crippen LogP contribution is 2.56. The maximum Gasteiger partial charge on any atom is 0.202 e. The maximum absolute atomic E-state index is 13.6. The lowest BCUT2D eigenvalue weighted by atomic mass is 10.1. The van der Waals surface area contributed by atoms with Gasteiger partial charge in [-0.15, -0.1) is 0 Å². The molecule has 2 nitrogen and oxygen atoms in total. The SMILES string of the molecule is Cc1ccc(N[P+](CC(=O)c2ccc(C)cc2)(c2ccccc2)c2ccccc2)cc1. The topological polar surface area (TPSA) is 29.1 Å². The molecule has 0 atom stereocenters. The van der Waals surface area contributed by atoms with Gasteiger partial charge in [0.25, 0.3) is 0 Å². The molecule has 0 aliphatic rings. The summed E-state index contributed by atoms with van der Waals surface area (Å²) in [4.78, 5) is 13.6. The number of benzene rings is 4. The quantitative estimate of drug-likeness (QED) is 0.283. The fourth-order valence-electron chi connectivity index (χ4n) is 3.76. The zero-order chi connectivity index (χ0) is 21.7. The van der Waals surface area contributed by atoms with Gasteiger partial charge >= 0.3 is 0 Å².